The van der Waals surface area contributed by atoms with Crippen molar-refractivity contribution in [3.05, 3.63) is 42.5 Å². The first kappa shape index (κ1) is 25.7. The molecule has 2 aliphatic rings. The standard InChI is InChI=1S/C20H31O2P.C8H10O2/c1-21-18-14-9-15-19(22-2)20(18)23(16-10-5-3-6-11-16)17-12-7-4-8-13-17;1-9-7-4-3-5-8(6-7)10-2/h9,14-17H,3-8,10-13H2,1-2H3;3-6H,1-2H3. The van der Waals surface area contributed by atoms with Gasteiger partial charge in [-0.1, -0.05) is 58.6 Å². The van der Waals surface area contributed by atoms with Crippen molar-refractivity contribution in [3.8, 4) is 23.0 Å². The molecule has 0 saturated heterocycles. The van der Waals surface area contributed by atoms with Crippen LogP contribution >= 0.6 is 7.92 Å². The largest absolute Gasteiger partial charge is 0.497 e. The molecule has 5 heteroatoms. The molecule has 0 radical (unpaired) electrons. The zero-order valence-electron chi connectivity index (χ0n) is 20.8. The maximum Gasteiger partial charge on any atom is 0.130 e. The van der Waals surface area contributed by atoms with Gasteiger partial charge in [-0.3, -0.25) is 0 Å². The summed E-state index contributed by atoms with van der Waals surface area (Å²) in [6.07, 6.45) is 14.1. The molecule has 0 heterocycles. The minimum atomic E-state index is -0.195. The lowest BCUT2D eigenvalue weighted by atomic mass is 9.99. The molecule has 2 aromatic rings. The Hall–Kier alpha value is -1.93. The quantitative estimate of drug-likeness (QED) is 0.400. The van der Waals surface area contributed by atoms with Gasteiger partial charge in [-0.15, -0.1) is 0 Å². The lowest BCUT2D eigenvalue weighted by molar-refractivity contribution is 0.394. The summed E-state index contributed by atoms with van der Waals surface area (Å²) in [6.45, 7) is 0. The van der Waals surface area contributed by atoms with Crippen LogP contribution in [-0.2, 0) is 0 Å². The van der Waals surface area contributed by atoms with Gasteiger partial charge < -0.3 is 18.9 Å². The van der Waals surface area contributed by atoms with Crippen molar-refractivity contribution < 1.29 is 18.9 Å². The van der Waals surface area contributed by atoms with E-state index in [9.17, 15) is 0 Å². The molecular weight excluding hydrogens is 431 g/mol. The van der Waals surface area contributed by atoms with Crippen LogP contribution in [0, 0.1) is 0 Å². The van der Waals surface area contributed by atoms with E-state index in [2.05, 4.69) is 18.2 Å². The number of hydrogen-bond acceptors (Lipinski definition) is 4. The van der Waals surface area contributed by atoms with Crippen molar-refractivity contribution in [2.75, 3.05) is 28.4 Å². The topological polar surface area (TPSA) is 36.9 Å². The van der Waals surface area contributed by atoms with E-state index in [-0.39, 0.29) is 7.92 Å². The van der Waals surface area contributed by atoms with E-state index in [1.165, 1.54) is 69.5 Å². The van der Waals surface area contributed by atoms with Gasteiger partial charge in [0.2, 0.25) is 0 Å². The molecule has 2 fully saturated rings. The molecule has 0 N–H and O–H groups in total. The van der Waals surface area contributed by atoms with Crippen molar-refractivity contribution in [2.24, 2.45) is 0 Å². The Morgan fingerprint density at radius 1 is 0.576 bits per heavy atom. The van der Waals surface area contributed by atoms with Crippen LogP contribution in [0.4, 0.5) is 0 Å². The Bertz CT molecular complexity index is 769. The van der Waals surface area contributed by atoms with Gasteiger partial charge in [-0.25, -0.2) is 0 Å². The number of rotatable bonds is 7. The molecule has 182 valence electrons. The Balaban J connectivity index is 0.000000257. The van der Waals surface area contributed by atoms with Crippen LogP contribution in [0.1, 0.15) is 64.2 Å². The highest BCUT2D eigenvalue weighted by Gasteiger charge is 2.35. The molecular formula is C28H41O4P. The van der Waals surface area contributed by atoms with Gasteiger partial charge in [-0.05, 0) is 61.3 Å². The van der Waals surface area contributed by atoms with Gasteiger partial charge in [-0.2, -0.15) is 0 Å². The van der Waals surface area contributed by atoms with Crippen molar-refractivity contribution in [2.45, 2.75) is 75.5 Å². The molecule has 0 aliphatic heterocycles. The first-order chi connectivity index (χ1) is 16.2. The van der Waals surface area contributed by atoms with Crippen LogP contribution in [-0.4, -0.2) is 39.8 Å². The first-order valence-corrected chi connectivity index (χ1v) is 13.9. The highest BCUT2D eigenvalue weighted by molar-refractivity contribution is 7.67. The molecule has 0 atom stereocenters. The molecule has 0 bridgehead atoms. The van der Waals surface area contributed by atoms with Crippen molar-refractivity contribution in [1.82, 2.24) is 0 Å². The van der Waals surface area contributed by atoms with E-state index in [1.807, 2.05) is 38.5 Å². The van der Waals surface area contributed by atoms with Crippen LogP contribution < -0.4 is 24.3 Å². The fourth-order valence-electron chi connectivity index (χ4n) is 5.20. The molecule has 2 aliphatic carbocycles. The maximum absolute atomic E-state index is 5.79. The minimum Gasteiger partial charge on any atom is -0.497 e. The fourth-order valence-corrected chi connectivity index (χ4v) is 9.21. The van der Waals surface area contributed by atoms with Crippen molar-refractivity contribution >= 4 is 13.2 Å². The van der Waals surface area contributed by atoms with Crippen LogP contribution in [0.2, 0.25) is 0 Å². The molecule has 2 aromatic carbocycles. The van der Waals surface area contributed by atoms with Gasteiger partial charge in [0.1, 0.15) is 23.0 Å². The Morgan fingerprint density at radius 3 is 1.39 bits per heavy atom. The summed E-state index contributed by atoms with van der Waals surface area (Å²) in [5.41, 5.74) is 1.74. The normalized spacial score (nSPS) is 17.1. The molecule has 4 rings (SSSR count). The molecule has 0 unspecified atom stereocenters. The van der Waals surface area contributed by atoms with Gasteiger partial charge in [0, 0.05) is 6.07 Å². The third-order valence-corrected chi connectivity index (χ3v) is 10.4. The van der Waals surface area contributed by atoms with Crippen LogP contribution in [0.3, 0.4) is 0 Å². The first-order valence-electron chi connectivity index (χ1n) is 12.4. The zero-order chi connectivity index (χ0) is 23.5. The van der Waals surface area contributed by atoms with Crippen LogP contribution in [0.5, 0.6) is 23.0 Å². The highest BCUT2D eigenvalue weighted by Crippen LogP contribution is 2.57. The van der Waals surface area contributed by atoms with E-state index >= 15 is 0 Å². The zero-order valence-corrected chi connectivity index (χ0v) is 21.7. The molecule has 4 nitrogen and oxygen atoms in total. The van der Waals surface area contributed by atoms with Gasteiger partial charge in [0.15, 0.2) is 0 Å². The van der Waals surface area contributed by atoms with Gasteiger partial charge >= 0.3 is 0 Å². The monoisotopic (exact) mass is 472 g/mol. The van der Waals surface area contributed by atoms with E-state index in [1.54, 1.807) is 14.2 Å². The van der Waals surface area contributed by atoms with Crippen molar-refractivity contribution in [3.63, 3.8) is 0 Å². The predicted molar refractivity (Wildman–Crippen MR) is 139 cm³/mol. The second kappa shape index (κ2) is 13.7. The number of benzene rings is 2. The summed E-state index contributed by atoms with van der Waals surface area (Å²) in [6, 6.07) is 13.8. The Labute approximate surface area is 201 Å². The summed E-state index contributed by atoms with van der Waals surface area (Å²) in [7, 11) is 6.70. The van der Waals surface area contributed by atoms with Gasteiger partial charge in [0.05, 0.1) is 33.7 Å². The van der Waals surface area contributed by atoms with Gasteiger partial charge in [0.25, 0.3) is 0 Å². The minimum absolute atomic E-state index is 0.195. The maximum atomic E-state index is 5.79. The smallest absolute Gasteiger partial charge is 0.130 e. The third-order valence-electron chi connectivity index (χ3n) is 6.87. The van der Waals surface area contributed by atoms with Crippen molar-refractivity contribution in [1.29, 1.82) is 0 Å². The van der Waals surface area contributed by atoms with Crippen LogP contribution in [0.25, 0.3) is 0 Å². The second-order valence-electron chi connectivity index (χ2n) is 8.89. The fraction of sp³-hybridized carbons (Fsp3) is 0.571. The molecule has 0 amide bonds. The molecule has 2 saturated carbocycles. The van der Waals surface area contributed by atoms with E-state index in [4.69, 9.17) is 18.9 Å². The number of hydrogen-bond donors (Lipinski definition) is 0. The summed E-state index contributed by atoms with van der Waals surface area (Å²) in [4.78, 5) is 0. The van der Waals surface area contributed by atoms with E-state index in [0.29, 0.717) is 0 Å². The lowest BCUT2D eigenvalue weighted by Gasteiger charge is -2.39. The Morgan fingerprint density at radius 2 is 1.00 bits per heavy atom. The third kappa shape index (κ3) is 7.03. The summed E-state index contributed by atoms with van der Waals surface area (Å²) in [5.74, 6) is 3.76. The molecule has 0 spiro atoms. The summed E-state index contributed by atoms with van der Waals surface area (Å²) < 4.78 is 21.5. The Kier molecular flexibility index (Phi) is 10.7. The molecule has 0 aromatic heterocycles. The highest BCUT2D eigenvalue weighted by atomic mass is 31.1. The average Bonchev–Trinajstić information content (AvgIpc) is 2.90. The van der Waals surface area contributed by atoms with E-state index in [0.717, 1.165) is 34.3 Å². The molecule has 33 heavy (non-hydrogen) atoms. The average molecular weight is 473 g/mol. The summed E-state index contributed by atoms with van der Waals surface area (Å²) in [5, 5.41) is 1.42. The SMILES string of the molecule is COc1cccc(OC)c1.COc1cccc(OC)c1P(C1CCCCC1)C1CCCCC1. The van der Waals surface area contributed by atoms with E-state index < -0.39 is 0 Å². The number of ether oxygens (including phenoxy) is 4. The summed E-state index contributed by atoms with van der Waals surface area (Å²) >= 11 is 0. The number of methoxy groups -OCH3 is 4. The predicted octanol–water partition coefficient (Wildman–Crippen LogP) is 7.18. The lowest BCUT2D eigenvalue weighted by Crippen LogP contribution is -2.27. The van der Waals surface area contributed by atoms with Crippen LogP contribution in [0.15, 0.2) is 42.5 Å². The second-order valence-corrected chi connectivity index (χ2v) is 11.6.